The number of carbonyl (C=O) groups excluding carboxylic acids is 2. The lowest BCUT2D eigenvalue weighted by atomic mass is 10.00. The van der Waals surface area contributed by atoms with E-state index >= 15 is 0 Å². The summed E-state index contributed by atoms with van der Waals surface area (Å²) >= 11 is 0. The van der Waals surface area contributed by atoms with E-state index in [0.29, 0.717) is 13.1 Å². The Kier molecular flexibility index (Phi) is 11.1. The first-order valence-corrected chi connectivity index (χ1v) is 15.3. The third-order valence-electron chi connectivity index (χ3n) is 9.68. The van der Waals surface area contributed by atoms with E-state index in [1.54, 1.807) is 0 Å². The molecule has 0 aliphatic carbocycles. The summed E-state index contributed by atoms with van der Waals surface area (Å²) in [5, 5.41) is 4.61. The number of fused-ring (bicyclic) bond motifs is 2. The van der Waals surface area contributed by atoms with Crippen molar-refractivity contribution in [2.24, 2.45) is 0 Å². The van der Waals surface area contributed by atoms with Crippen LogP contribution in [-0.2, 0) is 0 Å². The predicted octanol–water partition coefficient (Wildman–Crippen LogP) is 1.07. The average molecular weight is 695 g/mol. The van der Waals surface area contributed by atoms with Crippen LogP contribution >= 0.6 is 0 Å². The van der Waals surface area contributed by atoms with Crippen molar-refractivity contribution in [1.82, 2.24) is 0 Å². The number of benzene rings is 4. The number of rotatable bonds is 9. The standard InChI is InChI=1S/C36H42N2O2.2BrH/c39-35(33-17-15-29-11-3-5-13-31(29)25-33)27-37(19-7-1-8-20-37)23-24-38(21-9-2-10-22-38)28-36(40)34-18-16-30-12-4-6-14-32(30)26-34;;/h3-6,11-18,25-26H,1-2,7-10,19-24,27-28H2;2*1H/q+2;;/p-2. The molecule has 0 saturated carbocycles. The molecule has 0 radical (unpaired) electrons. The molecule has 0 bridgehead atoms. The molecule has 6 heteroatoms. The highest BCUT2D eigenvalue weighted by Gasteiger charge is 2.39. The smallest absolute Gasteiger partial charge is 0.216 e. The molecular weight excluding hydrogens is 652 g/mol. The van der Waals surface area contributed by atoms with E-state index in [4.69, 9.17) is 0 Å². The highest BCUT2D eigenvalue weighted by Crippen LogP contribution is 2.26. The molecule has 2 aliphatic heterocycles. The Labute approximate surface area is 271 Å². The summed E-state index contributed by atoms with van der Waals surface area (Å²) < 4.78 is 1.74. The zero-order valence-corrected chi connectivity index (χ0v) is 27.6. The van der Waals surface area contributed by atoms with Gasteiger partial charge in [-0.05, 0) is 72.2 Å². The number of hydrogen-bond donors (Lipinski definition) is 0. The van der Waals surface area contributed by atoms with Crippen LogP contribution in [0.3, 0.4) is 0 Å². The maximum atomic E-state index is 13.7. The predicted molar refractivity (Wildman–Crippen MR) is 164 cm³/mol. The molecule has 2 saturated heterocycles. The molecule has 222 valence electrons. The second kappa shape index (κ2) is 14.4. The van der Waals surface area contributed by atoms with E-state index in [-0.39, 0.29) is 45.5 Å². The molecule has 0 spiro atoms. The first-order valence-electron chi connectivity index (χ1n) is 15.3. The van der Waals surface area contributed by atoms with Crippen molar-refractivity contribution in [1.29, 1.82) is 0 Å². The van der Waals surface area contributed by atoms with Crippen LogP contribution < -0.4 is 34.0 Å². The summed E-state index contributed by atoms with van der Waals surface area (Å²) in [6.07, 6.45) is 7.24. The lowest BCUT2D eigenvalue weighted by Crippen LogP contribution is -3.00. The molecule has 6 rings (SSSR count). The van der Waals surface area contributed by atoms with Gasteiger partial charge < -0.3 is 42.9 Å². The SMILES string of the molecule is O=C(C[N+]1(CC[N+]2(CC(=O)c3ccc4ccccc4c3)CCCCC2)CCCCC1)c1ccc2ccccc2c1.[Br-].[Br-]. The van der Waals surface area contributed by atoms with Gasteiger partial charge in [0.05, 0.1) is 26.2 Å². The number of likely N-dealkylation sites (tertiary alicyclic amines) is 2. The Balaban J connectivity index is 0.00000202. The Morgan fingerprint density at radius 3 is 1.21 bits per heavy atom. The van der Waals surface area contributed by atoms with Crippen LogP contribution in [0.5, 0.6) is 0 Å². The molecule has 2 heterocycles. The second-order valence-electron chi connectivity index (χ2n) is 12.4. The molecule has 4 aromatic carbocycles. The van der Waals surface area contributed by atoms with Gasteiger partial charge in [-0.3, -0.25) is 9.59 Å². The van der Waals surface area contributed by atoms with E-state index in [1.165, 1.54) is 49.3 Å². The van der Waals surface area contributed by atoms with Crippen LogP contribution in [0.2, 0.25) is 0 Å². The van der Waals surface area contributed by atoms with Crippen LogP contribution in [0.4, 0.5) is 0 Å². The van der Waals surface area contributed by atoms with Gasteiger partial charge in [-0.15, -0.1) is 0 Å². The summed E-state index contributed by atoms with van der Waals surface area (Å²) in [6, 6.07) is 28.9. The van der Waals surface area contributed by atoms with Crippen molar-refractivity contribution in [3.63, 3.8) is 0 Å². The van der Waals surface area contributed by atoms with Gasteiger partial charge in [-0.1, -0.05) is 72.8 Å². The third-order valence-corrected chi connectivity index (χ3v) is 9.68. The van der Waals surface area contributed by atoms with E-state index in [1.807, 2.05) is 36.4 Å². The molecule has 0 amide bonds. The lowest BCUT2D eigenvalue weighted by Gasteiger charge is -2.46. The van der Waals surface area contributed by atoms with Gasteiger partial charge in [-0.25, -0.2) is 0 Å². The molecule has 2 fully saturated rings. The van der Waals surface area contributed by atoms with E-state index < -0.39 is 0 Å². The van der Waals surface area contributed by atoms with E-state index in [0.717, 1.165) is 70.1 Å². The Hall–Kier alpha value is -2.38. The number of Topliss-reactive ketones (excluding diaryl/α,β-unsaturated/α-hetero) is 2. The van der Waals surface area contributed by atoms with Crippen LogP contribution in [-0.4, -0.2) is 72.9 Å². The fourth-order valence-electron chi connectivity index (χ4n) is 7.23. The van der Waals surface area contributed by atoms with Gasteiger partial charge >= 0.3 is 0 Å². The fraction of sp³-hybridized carbons (Fsp3) is 0.389. The van der Waals surface area contributed by atoms with Crippen molar-refractivity contribution < 1.29 is 52.5 Å². The quantitative estimate of drug-likeness (QED) is 0.194. The maximum Gasteiger partial charge on any atom is 0.216 e. The fourth-order valence-corrected chi connectivity index (χ4v) is 7.23. The third kappa shape index (κ3) is 7.39. The monoisotopic (exact) mass is 692 g/mol. The molecule has 4 nitrogen and oxygen atoms in total. The topological polar surface area (TPSA) is 34.1 Å². The summed E-state index contributed by atoms with van der Waals surface area (Å²) in [6.45, 7) is 7.36. The Morgan fingerprint density at radius 2 is 0.833 bits per heavy atom. The van der Waals surface area contributed by atoms with Crippen LogP contribution in [0.15, 0.2) is 84.9 Å². The van der Waals surface area contributed by atoms with Gasteiger partial charge in [-0.2, -0.15) is 0 Å². The van der Waals surface area contributed by atoms with Crippen molar-refractivity contribution in [2.75, 3.05) is 52.4 Å². The average Bonchev–Trinajstić information content (AvgIpc) is 3.00. The number of hydrogen-bond acceptors (Lipinski definition) is 2. The first kappa shape index (κ1) is 32.5. The number of halogens is 2. The molecule has 42 heavy (non-hydrogen) atoms. The second-order valence-corrected chi connectivity index (χ2v) is 12.4. The van der Waals surface area contributed by atoms with Gasteiger partial charge in [0, 0.05) is 11.1 Å². The van der Waals surface area contributed by atoms with Crippen molar-refractivity contribution in [2.45, 2.75) is 38.5 Å². The first-order chi connectivity index (χ1) is 19.5. The molecule has 0 N–H and O–H groups in total. The molecule has 0 unspecified atom stereocenters. The molecule has 4 aromatic rings. The highest BCUT2D eigenvalue weighted by atomic mass is 79.9. The minimum atomic E-state index is 0. The van der Waals surface area contributed by atoms with Crippen molar-refractivity contribution in [3.8, 4) is 0 Å². The lowest BCUT2D eigenvalue weighted by molar-refractivity contribution is -0.977. The van der Waals surface area contributed by atoms with Crippen LogP contribution in [0.1, 0.15) is 59.2 Å². The Morgan fingerprint density at radius 1 is 0.476 bits per heavy atom. The minimum absolute atomic E-state index is 0. The number of quaternary nitrogens is 2. The van der Waals surface area contributed by atoms with Gasteiger partial charge in [0.1, 0.15) is 26.2 Å². The van der Waals surface area contributed by atoms with Gasteiger partial charge in [0.2, 0.25) is 11.6 Å². The summed E-state index contributed by atoms with van der Waals surface area (Å²) in [7, 11) is 0. The largest absolute Gasteiger partial charge is 1.00 e. The summed E-state index contributed by atoms with van der Waals surface area (Å²) in [4.78, 5) is 27.4. The minimum Gasteiger partial charge on any atom is -1.00 e. The Bertz CT molecular complexity index is 1410. The van der Waals surface area contributed by atoms with E-state index in [9.17, 15) is 9.59 Å². The molecule has 0 aromatic heterocycles. The number of nitrogens with zero attached hydrogens (tertiary/aromatic N) is 2. The van der Waals surface area contributed by atoms with E-state index in [2.05, 4.69) is 48.5 Å². The summed E-state index contributed by atoms with van der Waals surface area (Å²) in [5.74, 6) is 0.509. The van der Waals surface area contributed by atoms with Crippen molar-refractivity contribution >= 4 is 33.1 Å². The number of piperidine rings is 2. The molecule has 2 aliphatic rings. The van der Waals surface area contributed by atoms with Gasteiger partial charge in [0.25, 0.3) is 0 Å². The van der Waals surface area contributed by atoms with Crippen LogP contribution in [0, 0.1) is 0 Å². The zero-order valence-electron chi connectivity index (χ0n) is 24.4. The van der Waals surface area contributed by atoms with Crippen molar-refractivity contribution in [3.05, 3.63) is 96.1 Å². The molecular formula is C36H42Br2N2O2. The van der Waals surface area contributed by atoms with Gasteiger partial charge in [0.15, 0.2) is 0 Å². The van der Waals surface area contributed by atoms with Crippen LogP contribution in [0.25, 0.3) is 21.5 Å². The maximum absolute atomic E-state index is 13.7. The normalized spacial score (nSPS) is 17.6. The number of ketones is 2. The highest BCUT2D eigenvalue weighted by molar-refractivity contribution is 6.01. The molecule has 0 atom stereocenters. The summed E-state index contributed by atoms with van der Waals surface area (Å²) in [5.41, 5.74) is 1.66. The number of carbonyl (C=O) groups is 2. The zero-order chi connectivity index (χ0) is 27.4.